The minimum Gasteiger partial charge on any atom is -0.378 e. The number of carbonyl (C=O) groups is 2. The Kier molecular flexibility index (Phi) is 7.21. The number of morpholine rings is 1. The van der Waals surface area contributed by atoms with E-state index in [0.29, 0.717) is 30.9 Å². The first-order valence-electron chi connectivity index (χ1n) is 9.80. The number of likely N-dealkylation sites (N-methyl/N-ethyl adjacent to an activating group) is 1. The summed E-state index contributed by atoms with van der Waals surface area (Å²) in [5.41, 5.74) is 2.80. The van der Waals surface area contributed by atoms with Gasteiger partial charge in [0.2, 0.25) is 0 Å². The molecule has 1 aliphatic rings. The summed E-state index contributed by atoms with van der Waals surface area (Å²) in [6.07, 6.45) is 0. The normalized spacial score (nSPS) is 14.0. The Hall–Kier alpha value is -2.90. The first kappa shape index (κ1) is 20.8. The zero-order chi connectivity index (χ0) is 20.6. The van der Waals surface area contributed by atoms with E-state index in [1.54, 1.807) is 24.3 Å². The van der Waals surface area contributed by atoms with Crippen molar-refractivity contribution in [1.82, 2.24) is 10.2 Å². The van der Waals surface area contributed by atoms with Crippen molar-refractivity contribution in [3.8, 4) is 0 Å². The molecule has 2 aromatic rings. The van der Waals surface area contributed by atoms with Crippen molar-refractivity contribution in [3.05, 3.63) is 59.7 Å². The highest BCUT2D eigenvalue weighted by Gasteiger charge is 2.16. The molecule has 1 aliphatic heterocycles. The molecule has 2 amide bonds. The lowest BCUT2D eigenvalue weighted by molar-refractivity contribution is 0.0949. The van der Waals surface area contributed by atoms with Crippen molar-refractivity contribution in [3.63, 3.8) is 0 Å². The van der Waals surface area contributed by atoms with Gasteiger partial charge >= 0.3 is 0 Å². The summed E-state index contributed by atoms with van der Waals surface area (Å²) in [5, 5.41) is 5.86. The van der Waals surface area contributed by atoms with Crippen molar-refractivity contribution in [2.45, 2.75) is 0 Å². The molecular weight excluding hydrogens is 368 g/mol. The largest absolute Gasteiger partial charge is 0.378 e. The van der Waals surface area contributed by atoms with Gasteiger partial charge in [0.05, 0.1) is 24.6 Å². The molecule has 0 unspecified atom stereocenters. The first-order valence-corrected chi connectivity index (χ1v) is 9.80. The van der Waals surface area contributed by atoms with Crippen LogP contribution < -0.4 is 15.5 Å². The molecule has 2 N–H and O–H groups in total. The smallest absolute Gasteiger partial charge is 0.255 e. The van der Waals surface area contributed by atoms with Gasteiger partial charge in [0.25, 0.3) is 11.8 Å². The van der Waals surface area contributed by atoms with Crippen molar-refractivity contribution in [1.29, 1.82) is 0 Å². The molecule has 0 aliphatic carbocycles. The number of carbonyl (C=O) groups excluding carboxylic acids is 2. The van der Waals surface area contributed by atoms with Crippen molar-refractivity contribution in [2.75, 3.05) is 63.7 Å². The Bertz CT molecular complexity index is 830. The minimum atomic E-state index is -0.203. The molecule has 3 rings (SSSR count). The monoisotopic (exact) mass is 396 g/mol. The molecule has 7 nitrogen and oxygen atoms in total. The van der Waals surface area contributed by atoms with Crippen LogP contribution in [0.3, 0.4) is 0 Å². The molecule has 1 heterocycles. The van der Waals surface area contributed by atoms with Crippen LogP contribution in [-0.2, 0) is 4.74 Å². The average Bonchev–Trinajstić information content (AvgIpc) is 2.74. The van der Waals surface area contributed by atoms with Crippen LogP contribution >= 0.6 is 0 Å². The third-order valence-corrected chi connectivity index (χ3v) is 4.76. The fraction of sp³-hybridized carbons (Fsp3) is 0.364. The maximum Gasteiger partial charge on any atom is 0.255 e. The molecule has 1 fully saturated rings. The number of hydrogen-bond acceptors (Lipinski definition) is 5. The van der Waals surface area contributed by atoms with Gasteiger partial charge in [-0.15, -0.1) is 0 Å². The van der Waals surface area contributed by atoms with Gasteiger partial charge < -0.3 is 25.2 Å². The quantitative estimate of drug-likeness (QED) is 0.750. The summed E-state index contributed by atoms with van der Waals surface area (Å²) >= 11 is 0. The average molecular weight is 396 g/mol. The third-order valence-electron chi connectivity index (χ3n) is 4.76. The fourth-order valence-corrected chi connectivity index (χ4v) is 3.12. The van der Waals surface area contributed by atoms with Crippen LogP contribution in [0.5, 0.6) is 0 Å². The summed E-state index contributed by atoms with van der Waals surface area (Å²) in [5.74, 6) is -0.346. The van der Waals surface area contributed by atoms with Gasteiger partial charge in [-0.2, -0.15) is 0 Å². The van der Waals surface area contributed by atoms with Crippen molar-refractivity contribution < 1.29 is 14.3 Å². The van der Waals surface area contributed by atoms with Crippen LogP contribution in [0.1, 0.15) is 20.7 Å². The van der Waals surface area contributed by atoms with Gasteiger partial charge in [0.15, 0.2) is 0 Å². The molecule has 0 aromatic heterocycles. The predicted molar refractivity (Wildman–Crippen MR) is 115 cm³/mol. The Morgan fingerprint density at radius 2 is 1.59 bits per heavy atom. The molecule has 0 saturated carbocycles. The molecular formula is C22H28N4O3. The van der Waals surface area contributed by atoms with Gasteiger partial charge in [-0.05, 0) is 50.5 Å². The Labute approximate surface area is 171 Å². The van der Waals surface area contributed by atoms with E-state index in [1.165, 1.54) is 0 Å². The highest BCUT2D eigenvalue weighted by molar-refractivity contribution is 6.06. The lowest BCUT2D eigenvalue weighted by Crippen LogP contribution is -2.36. The van der Waals surface area contributed by atoms with Crippen LogP contribution in [0, 0.1) is 0 Å². The van der Waals surface area contributed by atoms with Crippen LogP contribution in [0.25, 0.3) is 0 Å². The second-order valence-corrected chi connectivity index (χ2v) is 7.21. The summed E-state index contributed by atoms with van der Waals surface area (Å²) in [4.78, 5) is 29.1. The van der Waals surface area contributed by atoms with Gasteiger partial charge in [-0.25, -0.2) is 0 Å². The Morgan fingerprint density at radius 1 is 0.966 bits per heavy atom. The summed E-state index contributed by atoms with van der Waals surface area (Å²) in [7, 11) is 3.91. The van der Waals surface area contributed by atoms with E-state index in [1.807, 2.05) is 43.3 Å². The molecule has 2 aromatic carbocycles. The predicted octanol–water partition coefficient (Wildman–Crippen LogP) is 2.07. The number of ether oxygens (including phenoxy) is 1. The maximum atomic E-state index is 12.7. The van der Waals surface area contributed by atoms with Gasteiger partial charge in [0, 0.05) is 37.3 Å². The van der Waals surface area contributed by atoms with E-state index in [4.69, 9.17) is 4.74 Å². The molecule has 0 atom stereocenters. The SMILES string of the molecule is CN(C)CCNC(=O)c1ccc(C(=O)Nc2ccccc2N2CCOCC2)cc1. The number of amides is 2. The molecule has 1 saturated heterocycles. The number of rotatable bonds is 7. The molecule has 0 bridgehead atoms. The summed E-state index contributed by atoms with van der Waals surface area (Å²) in [6, 6.07) is 14.5. The lowest BCUT2D eigenvalue weighted by Gasteiger charge is -2.30. The van der Waals surface area contributed by atoms with Crippen LogP contribution in [0.15, 0.2) is 48.5 Å². The van der Waals surface area contributed by atoms with E-state index in [9.17, 15) is 9.59 Å². The molecule has 7 heteroatoms. The highest BCUT2D eigenvalue weighted by Crippen LogP contribution is 2.26. The standard InChI is InChI=1S/C22H28N4O3/c1-25(2)12-11-23-21(27)17-7-9-18(10-8-17)22(28)24-19-5-3-4-6-20(19)26-13-15-29-16-14-26/h3-10H,11-16H2,1-2H3,(H,23,27)(H,24,28). The molecule has 0 spiro atoms. The Morgan fingerprint density at radius 3 is 2.24 bits per heavy atom. The number of nitrogens with one attached hydrogen (secondary N) is 2. The summed E-state index contributed by atoms with van der Waals surface area (Å²) < 4.78 is 5.41. The second-order valence-electron chi connectivity index (χ2n) is 7.21. The van der Waals surface area contributed by atoms with E-state index in [-0.39, 0.29) is 11.8 Å². The van der Waals surface area contributed by atoms with Crippen molar-refractivity contribution in [2.24, 2.45) is 0 Å². The van der Waals surface area contributed by atoms with Gasteiger partial charge in [-0.3, -0.25) is 9.59 Å². The molecule has 0 radical (unpaired) electrons. The maximum absolute atomic E-state index is 12.7. The number of hydrogen-bond donors (Lipinski definition) is 2. The topological polar surface area (TPSA) is 73.9 Å². The molecule has 154 valence electrons. The third kappa shape index (κ3) is 5.79. The van der Waals surface area contributed by atoms with E-state index in [0.717, 1.165) is 31.0 Å². The zero-order valence-corrected chi connectivity index (χ0v) is 17.0. The van der Waals surface area contributed by atoms with Gasteiger partial charge in [0.1, 0.15) is 0 Å². The highest BCUT2D eigenvalue weighted by atomic mass is 16.5. The number of nitrogens with zero attached hydrogens (tertiary/aromatic N) is 2. The van der Waals surface area contributed by atoms with Crippen LogP contribution in [0.2, 0.25) is 0 Å². The zero-order valence-electron chi connectivity index (χ0n) is 17.0. The minimum absolute atomic E-state index is 0.142. The van der Waals surface area contributed by atoms with Gasteiger partial charge in [-0.1, -0.05) is 12.1 Å². The first-order chi connectivity index (χ1) is 14.0. The number of anilines is 2. The second kappa shape index (κ2) is 10.0. The lowest BCUT2D eigenvalue weighted by atomic mass is 10.1. The van der Waals surface area contributed by atoms with E-state index >= 15 is 0 Å². The number of benzene rings is 2. The van der Waals surface area contributed by atoms with E-state index < -0.39 is 0 Å². The summed E-state index contributed by atoms with van der Waals surface area (Å²) in [6.45, 7) is 4.30. The molecule has 29 heavy (non-hydrogen) atoms. The van der Waals surface area contributed by atoms with Crippen LogP contribution in [0.4, 0.5) is 11.4 Å². The van der Waals surface area contributed by atoms with Crippen molar-refractivity contribution >= 4 is 23.2 Å². The fourth-order valence-electron chi connectivity index (χ4n) is 3.12. The Balaban J connectivity index is 1.63. The van der Waals surface area contributed by atoms with E-state index in [2.05, 4.69) is 15.5 Å². The number of para-hydroxylation sites is 2. The van der Waals surface area contributed by atoms with Crippen LogP contribution in [-0.4, -0.2) is 70.2 Å².